The monoisotopic (exact) mass is 210 g/mol. The molecule has 0 aromatic heterocycles. The molecule has 0 bridgehead atoms. The maximum Gasteiger partial charge on any atom is 0.0252 e. The first-order valence-corrected chi connectivity index (χ1v) is 6.73. The Kier molecular flexibility index (Phi) is 3.68. The van der Waals surface area contributed by atoms with Crippen LogP contribution in [0.1, 0.15) is 52.4 Å². The van der Waals surface area contributed by atoms with Crippen molar-refractivity contribution in [3.63, 3.8) is 0 Å². The van der Waals surface area contributed by atoms with Crippen LogP contribution in [0.2, 0.25) is 0 Å². The van der Waals surface area contributed by atoms with E-state index in [9.17, 15) is 0 Å². The zero-order valence-corrected chi connectivity index (χ0v) is 10.3. The highest BCUT2D eigenvalue weighted by Gasteiger charge is 2.38. The highest BCUT2D eigenvalue weighted by Crippen LogP contribution is 2.34. The van der Waals surface area contributed by atoms with E-state index in [0.717, 1.165) is 12.0 Å². The number of hydrogen-bond donors (Lipinski definition) is 1. The molecule has 88 valence electrons. The fourth-order valence-corrected chi connectivity index (χ4v) is 3.04. The van der Waals surface area contributed by atoms with Crippen molar-refractivity contribution in [2.24, 2.45) is 11.7 Å². The minimum absolute atomic E-state index is 0.438. The molecule has 2 aliphatic rings. The molecule has 3 unspecified atom stereocenters. The normalized spacial score (nSPS) is 37.2. The van der Waals surface area contributed by atoms with Crippen LogP contribution in [-0.4, -0.2) is 29.6 Å². The molecule has 2 rings (SSSR count). The topological polar surface area (TPSA) is 29.3 Å². The largest absolute Gasteiger partial charge is 0.326 e. The van der Waals surface area contributed by atoms with Gasteiger partial charge in [0.15, 0.2) is 0 Å². The van der Waals surface area contributed by atoms with Gasteiger partial charge >= 0.3 is 0 Å². The molecule has 2 N–H and O–H groups in total. The Morgan fingerprint density at radius 2 is 1.93 bits per heavy atom. The standard InChI is InChI=1S/C13H26N2/c1-3-8-15(11-5-6-11)13-9-10(2)4-7-12(13)14/h10-13H,3-9,14H2,1-2H3. The molecule has 0 spiro atoms. The van der Waals surface area contributed by atoms with E-state index in [0.29, 0.717) is 12.1 Å². The third-order valence-corrected chi connectivity index (χ3v) is 4.05. The molecule has 3 atom stereocenters. The average Bonchev–Trinajstić information content (AvgIpc) is 3.02. The maximum atomic E-state index is 6.30. The van der Waals surface area contributed by atoms with E-state index in [1.54, 1.807) is 0 Å². The summed E-state index contributed by atoms with van der Waals surface area (Å²) in [6.45, 7) is 5.93. The van der Waals surface area contributed by atoms with Gasteiger partial charge in [-0.25, -0.2) is 0 Å². The van der Waals surface area contributed by atoms with Gasteiger partial charge in [-0.3, -0.25) is 4.90 Å². The summed E-state index contributed by atoms with van der Waals surface area (Å²) >= 11 is 0. The summed E-state index contributed by atoms with van der Waals surface area (Å²) in [5.41, 5.74) is 6.30. The lowest BCUT2D eigenvalue weighted by molar-refractivity contribution is 0.108. The van der Waals surface area contributed by atoms with E-state index in [-0.39, 0.29) is 0 Å². The first-order chi connectivity index (χ1) is 7.22. The maximum absolute atomic E-state index is 6.30. The Morgan fingerprint density at radius 3 is 2.53 bits per heavy atom. The summed E-state index contributed by atoms with van der Waals surface area (Å²) in [5.74, 6) is 0.882. The highest BCUT2D eigenvalue weighted by molar-refractivity contribution is 4.95. The lowest BCUT2D eigenvalue weighted by atomic mass is 9.83. The lowest BCUT2D eigenvalue weighted by Gasteiger charge is -2.40. The summed E-state index contributed by atoms with van der Waals surface area (Å²) in [7, 11) is 0. The Balaban J connectivity index is 1.97. The molecule has 2 nitrogen and oxygen atoms in total. The van der Waals surface area contributed by atoms with Crippen molar-refractivity contribution in [3.8, 4) is 0 Å². The van der Waals surface area contributed by atoms with Gasteiger partial charge in [0.2, 0.25) is 0 Å². The molecule has 0 saturated heterocycles. The molecule has 0 radical (unpaired) electrons. The van der Waals surface area contributed by atoms with Crippen LogP contribution < -0.4 is 5.73 Å². The van der Waals surface area contributed by atoms with E-state index in [1.165, 1.54) is 45.1 Å². The molecule has 0 heterocycles. The molecule has 15 heavy (non-hydrogen) atoms. The summed E-state index contributed by atoms with van der Waals surface area (Å²) in [5, 5.41) is 0. The third kappa shape index (κ3) is 2.73. The van der Waals surface area contributed by atoms with Crippen LogP contribution in [0.3, 0.4) is 0 Å². The van der Waals surface area contributed by atoms with Crippen molar-refractivity contribution in [3.05, 3.63) is 0 Å². The third-order valence-electron chi connectivity index (χ3n) is 4.05. The molecule has 2 heteroatoms. The van der Waals surface area contributed by atoms with Crippen LogP contribution in [0, 0.1) is 5.92 Å². The second-order valence-corrected chi connectivity index (χ2v) is 5.62. The van der Waals surface area contributed by atoms with E-state index in [1.807, 2.05) is 0 Å². The second-order valence-electron chi connectivity index (χ2n) is 5.62. The molecular formula is C13H26N2. The molecule has 0 aromatic carbocycles. The zero-order chi connectivity index (χ0) is 10.8. The Bertz CT molecular complexity index is 201. The van der Waals surface area contributed by atoms with Crippen molar-refractivity contribution < 1.29 is 0 Å². The van der Waals surface area contributed by atoms with Gasteiger partial charge in [0.1, 0.15) is 0 Å². The lowest BCUT2D eigenvalue weighted by Crippen LogP contribution is -2.52. The summed E-state index contributed by atoms with van der Waals surface area (Å²) < 4.78 is 0. The van der Waals surface area contributed by atoms with Crippen molar-refractivity contribution in [2.75, 3.05) is 6.54 Å². The van der Waals surface area contributed by atoms with E-state index in [4.69, 9.17) is 5.73 Å². The van der Waals surface area contributed by atoms with Crippen molar-refractivity contribution >= 4 is 0 Å². The van der Waals surface area contributed by atoms with Gasteiger partial charge in [0.05, 0.1) is 0 Å². The minimum Gasteiger partial charge on any atom is -0.326 e. The molecule has 0 amide bonds. The van der Waals surface area contributed by atoms with Gasteiger partial charge in [0.25, 0.3) is 0 Å². The van der Waals surface area contributed by atoms with Crippen LogP contribution in [0.4, 0.5) is 0 Å². The number of rotatable bonds is 4. The van der Waals surface area contributed by atoms with Crippen molar-refractivity contribution in [2.45, 2.75) is 70.5 Å². The first-order valence-electron chi connectivity index (χ1n) is 6.73. The highest BCUT2D eigenvalue weighted by atomic mass is 15.2. The number of nitrogens with two attached hydrogens (primary N) is 1. The molecule has 2 saturated carbocycles. The predicted molar refractivity (Wildman–Crippen MR) is 64.8 cm³/mol. The van der Waals surface area contributed by atoms with Crippen LogP contribution in [-0.2, 0) is 0 Å². The van der Waals surface area contributed by atoms with Crippen LogP contribution in [0.15, 0.2) is 0 Å². The van der Waals surface area contributed by atoms with E-state index in [2.05, 4.69) is 18.7 Å². The van der Waals surface area contributed by atoms with E-state index >= 15 is 0 Å². The van der Waals surface area contributed by atoms with Gasteiger partial charge in [-0.05, 0) is 51.0 Å². The van der Waals surface area contributed by atoms with Crippen molar-refractivity contribution in [1.29, 1.82) is 0 Å². The summed E-state index contributed by atoms with van der Waals surface area (Å²) in [6.07, 6.45) is 8.00. The predicted octanol–water partition coefficient (Wildman–Crippen LogP) is 2.38. The number of nitrogens with zero attached hydrogens (tertiary/aromatic N) is 1. The summed E-state index contributed by atoms with van der Waals surface area (Å²) in [6, 6.07) is 2.00. The zero-order valence-electron chi connectivity index (χ0n) is 10.3. The van der Waals surface area contributed by atoms with Crippen LogP contribution >= 0.6 is 0 Å². The summed E-state index contributed by atoms with van der Waals surface area (Å²) in [4.78, 5) is 2.72. The molecule has 0 aliphatic heterocycles. The SMILES string of the molecule is CCCN(C1CC1)C1CC(C)CCC1N. The van der Waals surface area contributed by atoms with Gasteiger partial charge in [-0.2, -0.15) is 0 Å². The number of hydrogen-bond acceptors (Lipinski definition) is 2. The second kappa shape index (κ2) is 4.84. The van der Waals surface area contributed by atoms with E-state index < -0.39 is 0 Å². The van der Waals surface area contributed by atoms with Gasteiger partial charge < -0.3 is 5.73 Å². The fraction of sp³-hybridized carbons (Fsp3) is 1.00. The Morgan fingerprint density at radius 1 is 1.20 bits per heavy atom. The van der Waals surface area contributed by atoms with Gasteiger partial charge in [0, 0.05) is 18.1 Å². The Labute approximate surface area is 94.2 Å². The van der Waals surface area contributed by atoms with Crippen LogP contribution in [0.25, 0.3) is 0 Å². The molecule has 0 aromatic rings. The molecule has 2 fully saturated rings. The Hall–Kier alpha value is -0.0800. The average molecular weight is 210 g/mol. The molecule has 2 aliphatic carbocycles. The molecular weight excluding hydrogens is 184 g/mol. The minimum atomic E-state index is 0.438. The quantitative estimate of drug-likeness (QED) is 0.772. The van der Waals surface area contributed by atoms with Gasteiger partial charge in [-0.1, -0.05) is 13.8 Å². The van der Waals surface area contributed by atoms with Crippen molar-refractivity contribution in [1.82, 2.24) is 4.90 Å². The van der Waals surface area contributed by atoms with Crippen LogP contribution in [0.5, 0.6) is 0 Å². The first kappa shape index (κ1) is 11.4. The van der Waals surface area contributed by atoms with Gasteiger partial charge in [-0.15, -0.1) is 0 Å². The fourth-order valence-electron chi connectivity index (χ4n) is 3.04. The smallest absolute Gasteiger partial charge is 0.0252 e.